The summed E-state index contributed by atoms with van der Waals surface area (Å²) in [6, 6.07) is 37.2. The monoisotopic (exact) mass is 636 g/mol. The van der Waals surface area contributed by atoms with E-state index >= 15 is 0 Å². The first kappa shape index (κ1) is 31.0. The van der Waals surface area contributed by atoms with E-state index < -0.39 is 6.23 Å². The summed E-state index contributed by atoms with van der Waals surface area (Å²) in [5.41, 5.74) is 7.44. The Balaban J connectivity index is 1.31. The number of aliphatic hydroxyl groups excluding tert-OH is 1. The fourth-order valence-corrected chi connectivity index (χ4v) is 6.18. The topological polar surface area (TPSA) is 94.4 Å². The van der Waals surface area contributed by atoms with Gasteiger partial charge in [0.05, 0.1) is 5.69 Å². The fourth-order valence-electron chi connectivity index (χ4n) is 6.18. The maximum absolute atomic E-state index is 10.1. The second-order valence-corrected chi connectivity index (χ2v) is 12.1. The summed E-state index contributed by atoms with van der Waals surface area (Å²) in [6.07, 6.45) is 6.14. The van der Waals surface area contributed by atoms with E-state index in [-0.39, 0.29) is 0 Å². The molecule has 2 aromatic heterocycles. The van der Waals surface area contributed by atoms with Crippen LogP contribution >= 0.6 is 0 Å². The molecule has 0 amide bonds. The molecule has 0 radical (unpaired) electrons. The molecule has 3 heterocycles. The molecule has 1 atom stereocenters. The lowest BCUT2D eigenvalue weighted by molar-refractivity contribution is 0.253. The number of hydrogen-bond acceptors (Lipinski definition) is 8. The lowest BCUT2D eigenvalue weighted by Gasteiger charge is -2.28. The third-order valence-electron chi connectivity index (χ3n) is 8.62. The van der Waals surface area contributed by atoms with E-state index in [1.807, 2.05) is 41.0 Å². The van der Waals surface area contributed by atoms with Gasteiger partial charge in [-0.2, -0.15) is 9.97 Å². The minimum absolute atomic E-state index is 0.479. The van der Waals surface area contributed by atoms with Gasteiger partial charge in [-0.1, -0.05) is 73.3 Å². The average molecular weight is 637 g/mol. The molecule has 1 aliphatic heterocycles. The molecule has 242 valence electrons. The van der Waals surface area contributed by atoms with Crippen LogP contribution in [0.5, 0.6) is 0 Å². The zero-order valence-corrected chi connectivity index (χ0v) is 26.9. The number of rotatable bonds is 12. The number of nitrogens with zero attached hydrogens (tertiary/aromatic N) is 6. The minimum Gasteiger partial charge on any atom is -0.372 e. The van der Waals surface area contributed by atoms with Crippen LogP contribution in [0, 0.1) is 0 Å². The highest BCUT2D eigenvalue weighted by molar-refractivity contribution is 5.86. The van der Waals surface area contributed by atoms with Gasteiger partial charge in [-0.15, -0.1) is 0 Å². The summed E-state index contributed by atoms with van der Waals surface area (Å²) >= 11 is 0. The molecule has 1 saturated heterocycles. The van der Waals surface area contributed by atoms with Crippen molar-refractivity contribution in [3.63, 3.8) is 0 Å². The lowest BCUT2D eigenvalue weighted by Crippen LogP contribution is -2.29. The SMILES string of the molecule is C=CC(O)Nc1cccc(-n2cnc3c(N(Cc4ccccc4)Cc4ccccc4)nc(Nc4ccc(N5CCCCC5)cc4)nc32)c1. The summed E-state index contributed by atoms with van der Waals surface area (Å²) < 4.78 is 1.96. The Morgan fingerprint density at radius 3 is 2.12 bits per heavy atom. The Kier molecular flexibility index (Phi) is 9.29. The molecule has 0 bridgehead atoms. The third-order valence-corrected chi connectivity index (χ3v) is 8.62. The van der Waals surface area contributed by atoms with Gasteiger partial charge in [0.1, 0.15) is 12.6 Å². The summed E-state index contributed by atoms with van der Waals surface area (Å²) in [5, 5.41) is 16.7. The van der Waals surface area contributed by atoms with Crippen molar-refractivity contribution in [3.05, 3.63) is 139 Å². The van der Waals surface area contributed by atoms with Crippen molar-refractivity contribution in [1.82, 2.24) is 19.5 Å². The highest BCUT2D eigenvalue weighted by Gasteiger charge is 2.21. The Bertz CT molecular complexity index is 1910. The number of fused-ring (bicyclic) bond motifs is 1. The van der Waals surface area contributed by atoms with E-state index in [0.717, 1.165) is 36.0 Å². The largest absolute Gasteiger partial charge is 0.372 e. The molecular formula is C39H40N8O. The van der Waals surface area contributed by atoms with E-state index in [1.165, 1.54) is 42.2 Å². The van der Waals surface area contributed by atoms with Gasteiger partial charge in [-0.3, -0.25) is 4.57 Å². The first-order valence-electron chi connectivity index (χ1n) is 16.5. The maximum atomic E-state index is 10.1. The number of benzene rings is 4. The summed E-state index contributed by atoms with van der Waals surface area (Å²) in [7, 11) is 0. The molecule has 4 aromatic carbocycles. The normalized spacial score (nSPS) is 13.6. The molecule has 1 unspecified atom stereocenters. The molecule has 7 rings (SSSR count). The van der Waals surface area contributed by atoms with Crippen LogP contribution in [-0.4, -0.2) is 43.9 Å². The summed E-state index contributed by atoms with van der Waals surface area (Å²) in [5.74, 6) is 1.21. The average Bonchev–Trinajstić information content (AvgIpc) is 3.57. The molecule has 9 heteroatoms. The van der Waals surface area contributed by atoms with Crippen LogP contribution in [0.15, 0.2) is 128 Å². The quantitative estimate of drug-likeness (QED) is 0.0931. The minimum atomic E-state index is -0.865. The highest BCUT2D eigenvalue weighted by Crippen LogP contribution is 2.31. The zero-order chi connectivity index (χ0) is 32.7. The molecule has 3 N–H and O–H groups in total. The van der Waals surface area contributed by atoms with Crippen LogP contribution in [0.25, 0.3) is 16.9 Å². The first-order chi connectivity index (χ1) is 23.6. The number of nitrogens with one attached hydrogen (secondary N) is 2. The number of aliphatic hydroxyl groups is 1. The van der Waals surface area contributed by atoms with Crippen LogP contribution in [0.1, 0.15) is 30.4 Å². The van der Waals surface area contributed by atoms with Crippen LogP contribution in [0.4, 0.5) is 28.8 Å². The van der Waals surface area contributed by atoms with Crippen molar-refractivity contribution in [2.45, 2.75) is 38.6 Å². The molecule has 1 aliphatic rings. The molecule has 48 heavy (non-hydrogen) atoms. The van der Waals surface area contributed by atoms with Crippen molar-refractivity contribution in [2.75, 3.05) is 33.5 Å². The number of imidazole rings is 1. The predicted molar refractivity (Wildman–Crippen MR) is 195 cm³/mol. The van der Waals surface area contributed by atoms with Crippen molar-refractivity contribution in [1.29, 1.82) is 0 Å². The standard InChI is InChI=1S/C39H40N8O/c1-2-35(48)41-32-17-12-18-34(25-32)47-28-40-36-37(46(26-29-13-6-3-7-14-29)27-30-15-8-4-9-16-30)43-39(44-38(36)47)42-31-19-21-33(22-20-31)45-23-10-5-11-24-45/h2-4,6-9,12-22,25,28,35,41,48H,1,5,10-11,23-24,26-27H2,(H,42,43,44). The number of hydrogen-bond donors (Lipinski definition) is 3. The maximum Gasteiger partial charge on any atom is 0.231 e. The fraction of sp³-hybridized carbons (Fsp3) is 0.205. The highest BCUT2D eigenvalue weighted by atomic mass is 16.3. The van der Waals surface area contributed by atoms with Crippen LogP contribution in [-0.2, 0) is 13.1 Å². The Labute approximate surface area is 281 Å². The van der Waals surface area contributed by atoms with E-state index in [0.29, 0.717) is 30.2 Å². The van der Waals surface area contributed by atoms with Gasteiger partial charge in [0.15, 0.2) is 17.0 Å². The van der Waals surface area contributed by atoms with Crippen molar-refractivity contribution < 1.29 is 5.11 Å². The van der Waals surface area contributed by atoms with E-state index in [2.05, 4.69) is 99.8 Å². The number of aromatic nitrogens is 4. The second kappa shape index (κ2) is 14.4. The molecule has 6 aromatic rings. The first-order valence-corrected chi connectivity index (χ1v) is 16.5. The predicted octanol–water partition coefficient (Wildman–Crippen LogP) is 7.67. The molecule has 0 spiro atoms. The second-order valence-electron chi connectivity index (χ2n) is 12.1. The van der Waals surface area contributed by atoms with Crippen LogP contribution < -0.4 is 20.4 Å². The van der Waals surface area contributed by atoms with E-state index in [4.69, 9.17) is 15.0 Å². The third kappa shape index (κ3) is 7.16. The van der Waals surface area contributed by atoms with Gasteiger partial charge in [-0.25, -0.2) is 4.98 Å². The Morgan fingerprint density at radius 2 is 1.46 bits per heavy atom. The molecule has 9 nitrogen and oxygen atoms in total. The van der Waals surface area contributed by atoms with Gasteiger partial charge in [0.2, 0.25) is 5.95 Å². The molecule has 1 fully saturated rings. The molecule has 0 saturated carbocycles. The van der Waals surface area contributed by atoms with Crippen molar-refractivity contribution in [3.8, 4) is 5.69 Å². The molecule has 0 aliphatic carbocycles. The van der Waals surface area contributed by atoms with E-state index in [1.54, 1.807) is 6.33 Å². The number of anilines is 5. The summed E-state index contributed by atoms with van der Waals surface area (Å²) in [4.78, 5) is 19.8. The van der Waals surface area contributed by atoms with Gasteiger partial charge in [0, 0.05) is 43.2 Å². The smallest absolute Gasteiger partial charge is 0.231 e. The Morgan fingerprint density at radius 1 is 0.771 bits per heavy atom. The van der Waals surface area contributed by atoms with Gasteiger partial charge in [0.25, 0.3) is 0 Å². The van der Waals surface area contributed by atoms with E-state index in [9.17, 15) is 5.11 Å². The van der Waals surface area contributed by atoms with Crippen LogP contribution in [0.2, 0.25) is 0 Å². The Hall–Kier alpha value is -5.67. The zero-order valence-electron chi connectivity index (χ0n) is 26.9. The van der Waals surface area contributed by atoms with Gasteiger partial charge < -0.3 is 25.5 Å². The van der Waals surface area contributed by atoms with Crippen molar-refractivity contribution in [2.24, 2.45) is 0 Å². The van der Waals surface area contributed by atoms with Crippen molar-refractivity contribution >= 4 is 40.0 Å². The molecular weight excluding hydrogens is 596 g/mol. The van der Waals surface area contributed by atoms with Gasteiger partial charge >= 0.3 is 0 Å². The lowest BCUT2D eigenvalue weighted by atomic mass is 10.1. The summed E-state index contributed by atoms with van der Waals surface area (Å²) in [6.45, 7) is 7.14. The van der Waals surface area contributed by atoms with Crippen LogP contribution in [0.3, 0.4) is 0 Å². The van der Waals surface area contributed by atoms with Gasteiger partial charge in [-0.05, 0) is 78.9 Å². The number of piperidine rings is 1.